The van der Waals surface area contributed by atoms with Crippen LogP contribution in [-0.4, -0.2) is 19.5 Å². The van der Waals surface area contributed by atoms with Crippen molar-refractivity contribution in [1.82, 2.24) is 0 Å². The second-order valence-electron chi connectivity index (χ2n) is 4.04. The smallest absolute Gasteiger partial charge is 0.165 e. The topological polar surface area (TPSA) is 0 Å². The Hall–Kier alpha value is 0.892. The first-order valence-corrected chi connectivity index (χ1v) is 9.35. The average Bonchev–Trinajstić information content (AvgIpc) is 1.94. The van der Waals surface area contributed by atoms with Crippen molar-refractivity contribution in [2.24, 2.45) is 0 Å². The molecule has 0 fully saturated rings. The minimum atomic E-state index is -1.35. The molecule has 0 bridgehead atoms. The zero-order chi connectivity index (χ0) is 10.5. The molecule has 0 heterocycles. The number of rotatable bonds is 5. The summed E-state index contributed by atoms with van der Waals surface area (Å²) in [4.78, 5) is 0. The van der Waals surface area contributed by atoms with Gasteiger partial charge in [0, 0.05) is 5.88 Å². The van der Waals surface area contributed by atoms with Gasteiger partial charge in [0.2, 0.25) is 0 Å². The van der Waals surface area contributed by atoms with Crippen LogP contribution in [0.2, 0.25) is 19.6 Å². The molecule has 0 rings (SSSR count). The molecular weight excluding hydrogens is 241 g/mol. The molecule has 0 aliphatic heterocycles. The van der Waals surface area contributed by atoms with Crippen LogP contribution in [0.15, 0.2) is 11.2 Å². The summed E-state index contributed by atoms with van der Waals surface area (Å²) in [6.07, 6.45) is 4.15. The van der Waals surface area contributed by atoms with Gasteiger partial charge in [-0.2, -0.15) is 22.9 Å². The molecule has 0 aromatic heterocycles. The van der Waals surface area contributed by atoms with Crippen molar-refractivity contribution >= 4 is 48.1 Å². The highest BCUT2D eigenvalue weighted by atomic mass is 35.5. The number of hydrogen-bond acceptors (Lipinski definition) is 0. The largest absolute Gasteiger partial charge is 0.374 e. The van der Waals surface area contributed by atoms with Crippen molar-refractivity contribution < 1.29 is 0 Å². The molecule has 0 saturated carbocycles. The molecule has 0 N–H and O–H groups in total. The molecule has 5 heteroatoms. The number of allylic oxidation sites excluding steroid dienone is 1. The lowest BCUT2D eigenvalue weighted by molar-refractivity contribution is 0.966. The van der Waals surface area contributed by atoms with Gasteiger partial charge in [-0.25, -0.2) is 0 Å². The number of hydrogen-bond donors (Lipinski definition) is 0. The average molecular weight is 257 g/mol. The van der Waals surface area contributed by atoms with Gasteiger partial charge in [-0.15, -0.1) is 11.6 Å². The van der Waals surface area contributed by atoms with Crippen LogP contribution in [0.1, 0.15) is 12.8 Å². The first kappa shape index (κ1) is 13.9. The third-order valence-electron chi connectivity index (χ3n) is 1.80. The molecular formula is C8H16BCl3Si. The molecule has 0 amide bonds. The second-order valence-corrected chi connectivity index (χ2v) is 10.6. The van der Waals surface area contributed by atoms with Crippen molar-refractivity contribution in [2.75, 3.05) is 5.88 Å². The second kappa shape index (κ2) is 6.39. The maximum Gasteiger partial charge on any atom is 0.374 e. The van der Waals surface area contributed by atoms with E-state index in [9.17, 15) is 0 Å². The van der Waals surface area contributed by atoms with Crippen LogP contribution in [-0.2, 0) is 0 Å². The quantitative estimate of drug-likeness (QED) is 0.391. The summed E-state index contributed by atoms with van der Waals surface area (Å²) >= 11 is 17.4. The Balaban J connectivity index is 4.34. The Morgan fingerprint density at radius 3 is 2.15 bits per heavy atom. The number of alkyl halides is 1. The maximum atomic E-state index is 5.91. The van der Waals surface area contributed by atoms with Crippen molar-refractivity contribution in [1.29, 1.82) is 0 Å². The Morgan fingerprint density at radius 2 is 1.85 bits per heavy atom. The van der Waals surface area contributed by atoms with Crippen LogP contribution in [0.3, 0.4) is 0 Å². The van der Waals surface area contributed by atoms with Crippen molar-refractivity contribution in [3.63, 3.8) is 0 Å². The zero-order valence-electron chi connectivity index (χ0n) is 8.41. The van der Waals surface area contributed by atoms with Gasteiger partial charge in [0.15, 0.2) is 0 Å². The van der Waals surface area contributed by atoms with Crippen LogP contribution in [0.25, 0.3) is 0 Å². The van der Waals surface area contributed by atoms with Crippen LogP contribution in [0.5, 0.6) is 0 Å². The third-order valence-corrected chi connectivity index (χ3v) is 5.13. The molecule has 13 heavy (non-hydrogen) atoms. The summed E-state index contributed by atoms with van der Waals surface area (Å²) in [5.41, 5.74) is -0.345. The van der Waals surface area contributed by atoms with Crippen molar-refractivity contribution in [2.45, 2.75) is 32.5 Å². The van der Waals surface area contributed by atoms with E-state index in [1.165, 1.54) is 5.10 Å². The van der Waals surface area contributed by atoms with Gasteiger partial charge in [0.1, 0.15) is 0 Å². The van der Waals surface area contributed by atoms with Gasteiger partial charge in [-0.3, -0.25) is 0 Å². The minimum absolute atomic E-state index is 0.345. The SMILES string of the molecule is C[Si](C)(C)/C(=C\CCCCl)B(Cl)Cl. The van der Waals surface area contributed by atoms with E-state index in [4.69, 9.17) is 34.5 Å². The Kier molecular flexibility index (Phi) is 6.83. The van der Waals surface area contributed by atoms with Gasteiger partial charge < -0.3 is 0 Å². The molecule has 0 aliphatic rings. The standard InChI is InChI=1S/C8H16BCl3Si/c1-13(2,3)8(9(11)12)6-4-5-7-10/h6H,4-5,7H2,1-3H3/b8-6-. The molecule has 0 radical (unpaired) electrons. The fourth-order valence-corrected chi connectivity index (χ4v) is 4.77. The van der Waals surface area contributed by atoms with Crippen LogP contribution in [0.4, 0.5) is 0 Å². The number of halogens is 3. The van der Waals surface area contributed by atoms with Gasteiger partial charge in [-0.1, -0.05) is 30.8 Å². The molecule has 0 atom stereocenters. The summed E-state index contributed by atoms with van der Waals surface area (Å²) in [7, 11) is -1.35. The van der Waals surface area contributed by atoms with Crippen LogP contribution >= 0.6 is 34.5 Å². The van der Waals surface area contributed by atoms with Crippen LogP contribution in [0, 0.1) is 0 Å². The Labute approximate surface area is 97.5 Å². The molecule has 0 aromatic rings. The summed E-state index contributed by atoms with van der Waals surface area (Å²) in [6.45, 7) is 6.74. The lowest BCUT2D eigenvalue weighted by Gasteiger charge is -2.20. The van der Waals surface area contributed by atoms with E-state index in [1.54, 1.807) is 0 Å². The normalized spacial score (nSPS) is 13.2. The monoisotopic (exact) mass is 256 g/mol. The summed E-state index contributed by atoms with van der Waals surface area (Å²) in [6, 6.07) is 0. The lowest BCUT2D eigenvalue weighted by Crippen LogP contribution is -2.29. The van der Waals surface area contributed by atoms with E-state index in [1.807, 2.05) is 0 Å². The molecule has 0 unspecified atom stereocenters. The molecule has 0 nitrogen and oxygen atoms in total. The summed E-state index contributed by atoms with van der Waals surface area (Å²) < 4.78 is 0. The van der Waals surface area contributed by atoms with E-state index in [0.29, 0.717) is 5.88 Å². The van der Waals surface area contributed by atoms with Gasteiger partial charge in [0.05, 0.1) is 8.07 Å². The highest BCUT2D eigenvalue weighted by Gasteiger charge is 2.26. The van der Waals surface area contributed by atoms with Crippen LogP contribution < -0.4 is 0 Å². The minimum Gasteiger partial charge on any atom is -0.165 e. The molecule has 0 aliphatic carbocycles. The molecule has 0 saturated heterocycles. The third kappa shape index (κ3) is 6.06. The van der Waals surface area contributed by atoms with Gasteiger partial charge >= 0.3 is 5.54 Å². The van der Waals surface area contributed by atoms with Crippen molar-refractivity contribution in [3.8, 4) is 0 Å². The fraction of sp³-hybridized carbons (Fsp3) is 0.750. The lowest BCUT2D eigenvalue weighted by atomic mass is 10.1. The maximum absolute atomic E-state index is 5.91. The molecule has 0 spiro atoms. The first-order chi connectivity index (χ1) is 5.89. The van der Waals surface area contributed by atoms with E-state index >= 15 is 0 Å². The number of unbranched alkanes of at least 4 members (excludes halogenated alkanes) is 1. The molecule has 76 valence electrons. The van der Waals surface area contributed by atoms with E-state index in [-0.39, 0.29) is 5.54 Å². The summed E-state index contributed by atoms with van der Waals surface area (Å²) in [5.74, 6) is 0.699. The predicted octanol–water partition coefficient (Wildman–Crippen LogP) is 4.31. The van der Waals surface area contributed by atoms with E-state index in [2.05, 4.69) is 25.7 Å². The van der Waals surface area contributed by atoms with Crippen molar-refractivity contribution in [3.05, 3.63) is 11.2 Å². The van der Waals surface area contributed by atoms with Gasteiger partial charge in [-0.05, 0) is 12.8 Å². The van der Waals surface area contributed by atoms with Gasteiger partial charge in [0.25, 0.3) is 0 Å². The summed E-state index contributed by atoms with van der Waals surface area (Å²) in [5, 5.41) is 1.22. The van der Waals surface area contributed by atoms with E-state index in [0.717, 1.165) is 12.8 Å². The predicted molar refractivity (Wildman–Crippen MR) is 68.8 cm³/mol. The fourth-order valence-electron chi connectivity index (χ4n) is 1.06. The zero-order valence-corrected chi connectivity index (χ0v) is 11.7. The highest BCUT2D eigenvalue weighted by molar-refractivity contribution is 7.41. The Morgan fingerprint density at radius 1 is 1.31 bits per heavy atom. The Bertz CT molecular complexity index is 175. The molecule has 0 aromatic carbocycles. The van der Waals surface area contributed by atoms with E-state index < -0.39 is 8.07 Å². The first-order valence-electron chi connectivity index (χ1n) is 4.44. The highest BCUT2D eigenvalue weighted by Crippen LogP contribution is 2.22.